The molecule has 3 nitrogen and oxygen atoms in total. The first-order valence-electron chi connectivity index (χ1n) is 6.20. The molecule has 2 atom stereocenters. The number of anilines is 1. The molecule has 3 heteroatoms. The highest BCUT2D eigenvalue weighted by Crippen LogP contribution is 2.26. The van der Waals surface area contributed by atoms with Gasteiger partial charge in [0.15, 0.2) is 0 Å². The third kappa shape index (κ3) is 2.27. The van der Waals surface area contributed by atoms with Crippen LogP contribution in [0.4, 0.5) is 5.69 Å². The van der Waals surface area contributed by atoms with Gasteiger partial charge < -0.3 is 10.2 Å². The van der Waals surface area contributed by atoms with Crippen molar-refractivity contribution in [3.8, 4) is 6.07 Å². The summed E-state index contributed by atoms with van der Waals surface area (Å²) in [5.41, 5.74) is 1.80. The van der Waals surface area contributed by atoms with Gasteiger partial charge in [0.2, 0.25) is 0 Å². The molecular formula is C14H19N3. The maximum absolute atomic E-state index is 9.14. The summed E-state index contributed by atoms with van der Waals surface area (Å²) in [6, 6.07) is 10.6. The maximum Gasteiger partial charge on any atom is 0.101 e. The Morgan fingerprint density at radius 2 is 2.18 bits per heavy atom. The van der Waals surface area contributed by atoms with Crippen molar-refractivity contribution in [2.45, 2.75) is 19.4 Å². The largest absolute Gasteiger partial charge is 0.369 e. The van der Waals surface area contributed by atoms with Crippen LogP contribution in [0.15, 0.2) is 24.3 Å². The number of para-hydroxylation sites is 1. The number of hydrogen-bond acceptors (Lipinski definition) is 3. The fourth-order valence-corrected chi connectivity index (χ4v) is 2.64. The Morgan fingerprint density at radius 3 is 2.88 bits per heavy atom. The fourth-order valence-electron chi connectivity index (χ4n) is 2.64. The van der Waals surface area contributed by atoms with Gasteiger partial charge in [0.05, 0.1) is 11.3 Å². The molecule has 2 unspecified atom stereocenters. The van der Waals surface area contributed by atoms with E-state index in [9.17, 15) is 0 Å². The molecule has 0 radical (unpaired) electrons. The Morgan fingerprint density at radius 1 is 1.41 bits per heavy atom. The van der Waals surface area contributed by atoms with Gasteiger partial charge in [0, 0.05) is 26.2 Å². The van der Waals surface area contributed by atoms with Gasteiger partial charge in [-0.25, -0.2) is 0 Å². The molecule has 1 saturated heterocycles. The van der Waals surface area contributed by atoms with Crippen LogP contribution in [0.3, 0.4) is 0 Å². The van der Waals surface area contributed by atoms with Gasteiger partial charge in [-0.3, -0.25) is 0 Å². The van der Waals surface area contributed by atoms with E-state index in [1.54, 1.807) is 0 Å². The lowest BCUT2D eigenvalue weighted by Crippen LogP contribution is -2.38. The first-order valence-corrected chi connectivity index (χ1v) is 6.20. The SMILES string of the molecule is CCC1CNCC1N(C)c1ccccc1C#N. The summed E-state index contributed by atoms with van der Waals surface area (Å²) in [6.45, 7) is 4.32. The number of rotatable bonds is 3. The summed E-state index contributed by atoms with van der Waals surface area (Å²) in [5.74, 6) is 0.673. The first kappa shape index (κ1) is 11.9. The van der Waals surface area contributed by atoms with Crippen LogP contribution < -0.4 is 10.2 Å². The van der Waals surface area contributed by atoms with E-state index >= 15 is 0 Å². The molecule has 17 heavy (non-hydrogen) atoms. The van der Waals surface area contributed by atoms with E-state index in [0.29, 0.717) is 12.0 Å². The quantitative estimate of drug-likeness (QED) is 0.861. The normalized spacial score (nSPS) is 23.4. The number of nitrogens with zero attached hydrogens (tertiary/aromatic N) is 2. The van der Waals surface area contributed by atoms with E-state index in [4.69, 9.17) is 5.26 Å². The molecule has 0 saturated carbocycles. The minimum absolute atomic E-state index is 0.495. The van der Waals surface area contributed by atoms with Crippen LogP contribution in [0.25, 0.3) is 0 Å². The smallest absolute Gasteiger partial charge is 0.101 e. The third-order valence-electron chi connectivity index (χ3n) is 3.73. The van der Waals surface area contributed by atoms with Crippen LogP contribution in [0.5, 0.6) is 0 Å². The second kappa shape index (κ2) is 5.20. The number of benzene rings is 1. The van der Waals surface area contributed by atoms with Crippen molar-refractivity contribution in [1.82, 2.24) is 5.32 Å². The van der Waals surface area contributed by atoms with Crippen molar-refractivity contribution in [3.05, 3.63) is 29.8 Å². The van der Waals surface area contributed by atoms with Gasteiger partial charge in [0.25, 0.3) is 0 Å². The highest BCUT2D eigenvalue weighted by molar-refractivity contribution is 5.59. The maximum atomic E-state index is 9.14. The zero-order valence-corrected chi connectivity index (χ0v) is 10.5. The topological polar surface area (TPSA) is 39.1 Å². The molecule has 2 rings (SSSR count). The molecule has 1 aliphatic heterocycles. The Hall–Kier alpha value is -1.53. The number of hydrogen-bond donors (Lipinski definition) is 1. The lowest BCUT2D eigenvalue weighted by Gasteiger charge is -2.31. The molecule has 1 aromatic carbocycles. The molecule has 1 heterocycles. The van der Waals surface area contributed by atoms with Crippen molar-refractivity contribution in [2.24, 2.45) is 5.92 Å². The predicted octanol–water partition coefficient (Wildman–Crippen LogP) is 1.99. The lowest BCUT2D eigenvalue weighted by molar-refractivity contribution is 0.482. The van der Waals surface area contributed by atoms with Crippen molar-refractivity contribution in [2.75, 3.05) is 25.0 Å². The molecule has 0 aromatic heterocycles. The van der Waals surface area contributed by atoms with Crippen LogP contribution in [0.2, 0.25) is 0 Å². The molecule has 1 fully saturated rings. The van der Waals surface area contributed by atoms with E-state index in [2.05, 4.69) is 30.3 Å². The van der Waals surface area contributed by atoms with Crippen molar-refractivity contribution in [1.29, 1.82) is 5.26 Å². The summed E-state index contributed by atoms with van der Waals surface area (Å²) in [4.78, 5) is 2.26. The van der Waals surface area contributed by atoms with E-state index in [1.807, 2.05) is 24.3 Å². The van der Waals surface area contributed by atoms with Gasteiger partial charge in [-0.15, -0.1) is 0 Å². The van der Waals surface area contributed by atoms with Crippen LogP contribution >= 0.6 is 0 Å². The van der Waals surface area contributed by atoms with Gasteiger partial charge in [-0.1, -0.05) is 25.5 Å². The van der Waals surface area contributed by atoms with Crippen LogP contribution in [0, 0.1) is 17.2 Å². The number of nitriles is 1. The standard InChI is InChI=1S/C14H19N3/c1-3-11-9-16-10-14(11)17(2)13-7-5-4-6-12(13)8-15/h4-7,11,14,16H,3,9-10H2,1-2H3. The van der Waals surface area contributed by atoms with Crippen LogP contribution in [-0.2, 0) is 0 Å². The predicted molar refractivity (Wildman–Crippen MR) is 70.0 cm³/mol. The zero-order chi connectivity index (χ0) is 12.3. The molecular weight excluding hydrogens is 210 g/mol. The average molecular weight is 229 g/mol. The Balaban J connectivity index is 2.25. The van der Waals surface area contributed by atoms with Gasteiger partial charge in [0.1, 0.15) is 6.07 Å². The van der Waals surface area contributed by atoms with Crippen LogP contribution in [-0.4, -0.2) is 26.2 Å². The minimum atomic E-state index is 0.495. The summed E-state index contributed by atoms with van der Waals surface area (Å²) in [5, 5.41) is 12.6. The van der Waals surface area contributed by atoms with E-state index < -0.39 is 0 Å². The fraction of sp³-hybridized carbons (Fsp3) is 0.500. The molecule has 1 aromatic rings. The Kier molecular flexibility index (Phi) is 3.65. The van der Waals surface area contributed by atoms with Gasteiger partial charge >= 0.3 is 0 Å². The van der Waals surface area contributed by atoms with Crippen molar-refractivity contribution in [3.63, 3.8) is 0 Å². The van der Waals surface area contributed by atoms with E-state index in [1.165, 1.54) is 6.42 Å². The molecule has 0 amide bonds. The number of nitrogens with one attached hydrogen (secondary N) is 1. The third-order valence-corrected chi connectivity index (χ3v) is 3.73. The Bertz CT molecular complexity index is 422. The average Bonchev–Trinajstić information content (AvgIpc) is 2.86. The summed E-state index contributed by atoms with van der Waals surface area (Å²) in [6.07, 6.45) is 1.18. The van der Waals surface area contributed by atoms with Crippen molar-refractivity contribution < 1.29 is 0 Å². The summed E-state index contributed by atoms with van der Waals surface area (Å²) >= 11 is 0. The van der Waals surface area contributed by atoms with Gasteiger partial charge in [-0.2, -0.15) is 5.26 Å². The molecule has 1 N–H and O–H groups in total. The molecule has 1 aliphatic rings. The van der Waals surface area contributed by atoms with Gasteiger partial charge in [-0.05, 0) is 18.1 Å². The Labute approximate surface area is 103 Å². The second-order valence-corrected chi connectivity index (χ2v) is 4.63. The number of likely N-dealkylation sites (N-methyl/N-ethyl adjacent to an activating group) is 1. The molecule has 0 bridgehead atoms. The molecule has 0 aliphatic carbocycles. The summed E-state index contributed by atoms with van der Waals surface area (Å²) in [7, 11) is 2.09. The zero-order valence-electron chi connectivity index (χ0n) is 10.5. The molecule has 90 valence electrons. The minimum Gasteiger partial charge on any atom is -0.369 e. The first-order chi connectivity index (χ1) is 8.27. The van der Waals surface area contributed by atoms with E-state index in [0.717, 1.165) is 24.3 Å². The second-order valence-electron chi connectivity index (χ2n) is 4.63. The highest BCUT2D eigenvalue weighted by atomic mass is 15.2. The van der Waals surface area contributed by atoms with Crippen molar-refractivity contribution >= 4 is 5.69 Å². The lowest BCUT2D eigenvalue weighted by atomic mass is 9.98. The van der Waals surface area contributed by atoms with E-state index in [-0.39, 0.29) is 0 Å². The van der Waals surface area contributed by atoms with Crippen LogP contribution in [0.1, 0.15) is 18.9 Å². The molecule has 0 spiro atoms. The monoisotopic (exact) mass is 229 g/mol. The summed E-state index contributed by atoms with van der Waals surface area (Å²) < 4.78 is 0. The highest BCUT2D eigenvalue weighted by Gasteiger charge is 2.29.